The highest BCUT2D eigenvalue weighted by Crippen LogP contribution is 2.26. The Labute approximate surface area is 118 Å². The Morgan fingerprint density at radius 2 is 1.59 bits per heavy atom. The van der Waals surface area contributed by atoms with Crippen LogP contribution in [0.25, 0.3) is 0 Å². The van der Waals surface area contributed by atoms with Gasteiger partial charge in [-0.15, -0.1) is 0 Å². The van der Waals surface area contributed by atoms with Crippen LogP contribution in [0.5, 0.6) is 0 Å². The molecule has 0 amide bonds. The first-order valence-electron chi connectivity index (χ1n) is 7.28. The summed E-state index contributed by atoms with van der Waals surface area (Å²) in [7, 11) is 0. The fourth-order valence-corrected chi connectivity index (χ4v) is 2.65. The van der Waals surface area contributed by atoms with E-state index in [0.717, 1.165) is 13.2 Å². The minimum atomic E-state index is 0. The maximum atomic E-state index is 6.13. The smallest absolute Gasteiger partial charge is 0.117 e. The van der Waals surface area contributed by atoms with Gasteiger partial charge in [0, 0.05) is 0 Å². The minimum absolute atomic E-state index is 0. The summed E-state index contributed by atoms with van der Waals surface area (Å²) in [6.45, 7) is 7.86. The molecule has 1 aliphatic heterocycles. The van der Waals surface area contributed by atoms with E-state index in [1.54, 1.807) is 0 Å². The number of halogens is 1. The molecular formula is C14H30BrNO. The molecule has 0 bridgehead atoms. The van der Waals surface area contributed by atoms with Crippen LogP contribution in [0.3, 0.4) is 0 Å². The highest BCUT2D eigenvalue weighted by molar-refractivity contribution is 4.81. The summed E-state index contributed by atoms with van der Waals surface area (Å²) >= 11 is 0. The van der Waals surface area contributed by atoms with Crippen molar-refractivity contribution in [1.29, 1.82) is 0 Å². The van der Waals surface area contributed by atoms with Crippen molar-refractivity contribution in [2.24, 2.45) is 0 Å². The summed E-state index contributed by atoms with van der Waals surface area (Å²) in [5.41, 5.74) is 0.225. The molecule has 104 valence electrons. The largest absolute Gasteiger partial charge is 1.00 e. The monoisotopic (exact) mass is 307 g/mol. The molecule has 1 saturated heterocycles. The van der Waals surface area contributed by atoms with Crippen molar-refractivity contribution in [1.82, 2.24) is 0 Å². The van der Waals surface area contributed by atoms with Crippen LogP contribution in [0, 0.1) is 0 Å². The molecule has 1 aliphatic rings. The lowest BCUT2D eigenvalue weighted by atomic mass is 9.89. The summed E-state index contributed by atoms with van der Waals surface area (Å²) in [5, 5.41) is 2.45. The second kappa shape index (κ2) is 10.3. The minimum Gasteiger partial charge on any atom is -1.00 e. The van der Waals surface area contributed by atoms with Gasteiger partial charge in [-0.05, 0) is 12.8 Å². The van der Waals surface area contributed by atoms with Crippen LogP contribution in [0.1, 0.15) is 65.2 Å². The van der Waals surface area contributed by atoms with Crippen LogP contribution in [-0.4, -0.2) is 25.3 Å². The van der Waals surface area contributed by atoms with Gasteiger partial charge in [0.2, 0.25) is 0 Å². The van der Waals surface area contributed by atoms with Gasteiger partial charge >= 0.3 is 0 Å². The molecule has 1 fully saturated rings. The molecule has 0 atom stereocenters. The molecule has 2 nitrogen and oxygen atoms in total. The standard InChI is InChI=1S/C14H29NO.BrH/c1-3-5-7-9-14(10-8-6-4-2)13-15-11-12-16-14;/h15H,3-13H2,1-2H3;1H. The van der Waals surface area contributed by atoms with Gasteiger partial charge < -0.3 is 27.0 Å². The van der Waals surface area contributed by atoms with E-state index >= 15 is 0 Å². The van der Waals surface area contributed by atoms with E-state index in [4.69, 9.17) is 4.74 Å². The summed E-state index contributed by atoms with van der Waals surface area (Å²) in [4.78, 5) is 0. The SMILES string of the molecule is CCCCCC1(CCCCC)C[NH2+]CCO1.[Br-]. The zero-order valence-electron chi connectivity index (χ0n) is 11.6. The zero-order chi connectivity index (χ0) is 11.7. The number of ether oxygens (including phenoxy) is 1. The third kappa shape index (κ3) is 6.78. The van der Waals surface area contributed by atoms with Crippen molar-refractivity contribution < 1.29 is 27.0 Å². The Hall–Kier alpha value is 0.400. The third-order valence-electron chi connectivity index (χ3n) is 3.72. The maximum absolute atomic E-state index is 6.13. The second-order valence-electron chi connectivity index (χ2n) is 5.23. The maximum Gasteiger partial charge on any atom is 0.117 e. The fourth-order valence-electron chi connectivity index (χ4n) is 2.65. The van der Waals surface area contributed by atoms with E-state index in [9.17, 15) is 0 Å². The van der Waals surface area contributed by atoms with Gasteiger partial charge in [0.05, 0.1) is 13.2 Å². The molecule has 0 aromatic heterocycles. The predicted molar refractivity (Wildman–Crippen MR) is 68.6 cm³/mol. The molecule has 3 heteroatoms. The second-order valence-corrected chi connectivity index (χ2v) is 5.23. The lowest BCUT2D eigenvalue weighted by Gasteiger charge is -2.35. The lowest BCUT2D eigenvalue weighted by molar-refractivity contribution is -0.686. The summed E-state index contributed by atoms with van der Waals surface area (Å²) in [6, 6.07) is 0. The van der Waals surface area contributed by atoms with Crippen molar-refractivity contribution in [3.05, 3.63) is 0 Å². The molecule has 2 N–H and O–H groups in total. The summed E-state index contributed by atoms with van der Waals surface area (Å²) in [6.07, 6.45) is 10.6. The Balaban J connectivity index is 0.00000256. The molecule has 1 heterocycles. The van der Waals surface area contributed by atoms with E-state index in [1.807, 2.05) is 0 Å². The molecular weight excluding hydrogens is 278 g/mol. The van der Waals surface area contributed by atoms with Crippen molar-refractivity contribution in [2.45, 2.75) is 70.8 Å². The van der Waals surface area contributed by atoms with Gasteiger partial charge in [-0.2, -0.15) is 0 Å². The van der Waals surface area contributed by atoms with Gasteiger partial charge in [-0.1, -0.05) is 52.4 Å². The summed E-state index contributed by atoms with van der Waals surface area (Å²) in [5.74, 6) is 0. The zero-order valence-corrected chi connectivity index (χ0v) is 13.2. The lowest BCUT2D eigenvalue weighted by Crippen LogP contribution is -3.00. The van der Waals surface area contributed by atoms with Crippen molar-refractivity contribution in [3.63, 3.8) is 0 Å². The Morgan fingerprint density at radius 3 is 2.00 bits per heavy atom. The Kier molecular flexibility index (Phi) is 10.6. The first-order valence-corrected chi connectivity index (χ1v) is 7.28. The third-order valence-corrected chi connectivity index (χ3v) is 3.72. The first kappa shape index (κ1) is 17.4. The molecule has 0 aromatic carbocycles. The van der Waals surface area contributed by atoms with Gasteiger partial charge in [0.25, 0.3) is 0 Å². The molecule has 0 radical (unpaired) electrons. The highest BCUT2D eigenvalue weighted by Gasteiger charge is 2.34. The van der Waals surface area contributed by atoms with Gasteiger partial charge in [-0.25, -0.2) is 0 Å². The molecule has 0 aromatic rings. The van der Waals surface area contributed by atoms with Gasteiger partial charge in [-0.3, -0.25) is 0 Å². The topological polar surface area (TPSA) is 25.8 Å². The Morgan fingerprint density at radius 1 is 1.00 bits per heavy atom. The average Bonchev–Trinajstić information content (AvgIpc) is 2.31. The number of hydrogen-bond acceptors (Lipinski definition) is 1. The van der Waals surface area contributed by atoms with Crippen LogP contribution in [0.4, 0.5) is 0 Å². The molecule has 0 spiro atoms. The number of nitrogens with two attached hydrogens (primary N) is 1. The molecule has 1 rings (SSSR count). The summed E-state index contributed by atoms with van der Waals surface area (Å²) < 4.78 is 6.13. The van der Waals surface area contributed by atoms with E-state index in [0.29, 0.717) is 0 Å². The number of hydrogen-bond donors (Lipinski definition) is 1. The number of unbranched alkanes of at least 4 members (excludes halogenated alkanes) is 4. The molecule has 0 saturated carbocycles. The average molecular weight is 308 g/mol. The van der Waals surface area contributed by atoms with Crippen LogP contribution in [-0.2, 0) is 4.74 Å². The van der Waals surface area contributed by atoms with Crippen molar-refractivity contribution >= 4 is 0 Å². The highest BCUT2D eigenvalue weighted by atomic mass is 79.9. The fraction of sp³-hybridized carbons (Fsp3) is 1.00. The number of quaternary nitrogens is 1. The van der Waals surface area contributed by atoms with E-state index in [-0.39, 0.29) is 22.6 Å². The Bertz CT molecular complexity index is 158. The van der Waals surface area contributed by atoms with Crippen molar-refractivity contribution in [3.8, 4) is 0 Å². The van der Waals surface area contributed by atoms with Crippen molar-refractivity contribution in [2.75, 3.05) is 19.7 Å². The predicted octanol–water partition coefficient (Wildman–Crippen LogP) is -0.517. The van der Waals surface area contributed by atoms with Crippen LogP contribution >= 0.6 is 0 Å². The van der Waals surface area contributed by atoms with E-state index in [1.165, 1.54) is 57.9 Å². The van der Waals surface area contributed by atoms with E-state index in [2.05, 4.69) is 19.2 Å². The molecule has 17 heavy (non-hydrogen) atoms. The van der Waals surface area contributed by atoms with Gasteiger partial charge in [0.15, 0.2) is 0 Å². The quantitative estimate of drug-likeness (QED) is 0.600. The van der Waals surface area contributed by atoms with E-state index < -0.39 is 0 Å². The van der Waals surface area contributed by atoms with Crippen LogP contribution in [0.15, 0.2) is 0 Å². The van der Waals surface area contributed by atoms with Crippen LogP contribution < -0.4 is 22.3 Å². The number of morpholine rings is 1. The molecule has 0 unspecified atom stereocenters. The van der Waals surface area contributed by atoms with Crippen LogP contribution in [0.2, 0.25) is 0 Å². The molecule has 0 aliphatic carbocycles. The number of rotatable bonds is 8. The normalized spacial score (nSPS) is 18.7. The first-order chi connectivity index (χ1) is 7.83. The van der Waals surface area contributed by atoms with Gasteiger partial charge in [0.1, 0.15) is 12.1 Å².